The van der Waals surface area contributed by atoms with Crippen LogP contribution in [0.3, 0.4) is 0 Å². The lowest BCUT2D eigenvalue weighted by molar-refractivity contribution is 0.0943. The maximum absolute atomic E-state index is 12.1. The fraction of sp³-hybridized carbons (Fsp3) is 0.412. The van der Waals surface area contributed by atoms with Crippen LogP contribution in [0.4, 0.5) is 5.69 Å². The first-order valence-electron chi connectivity index (χ1n) is 8.22. The van der Waals surface area contributed by atoms with E-state index in [0.717, 1.165) is 5.69 Å². The van der Waals surface area contributed by atoms with Crippen LogP contribution in [0, 0.1) is 0 Å². The number of carbonyl (C=O) groups excluding carboxylic acids is 1. The van der Waals surface area contributed by atoms with Crippen molar-refractivity contribution >= 4 is 21.4 Å². The molecule has 0 radical (unpaired) electrons. The number of sulfone groups is 1. The molecule has 134 valence electrons. The summed E-state index contributed by atoms with van der Waals surface area (Å²) in [5.41, 5.74) is 1.14. The Kier molecular flexibility index (Phi) is 5.08. The van der Waals surface area contributed by atoms with Crippen LogP contribution in [0.15, 0.2) is 41.1 Å². The van der Waals surface area contributed by atoms with Gasteiger partial charge >= 0.3 is 0 Å². The lowest BCUT2D eigenvalue weighted by Gasteiger charge is -2.28. The first-order valence-corrected chi connectivity index (χ1v) is 10.0. The molecule has 1 saturated heterocycles. The highest BCUT2D eigenvalue weighted by Crippen LogP contribution is 2.23. The van der Waals surface area contributed by atoms with Crippen LogP contribution in [-0.4, -0.2) is 43.4 Å². The van der Waals surface area contributed by atoms with Gasteiger partial charge in [-0.25, -0.2) is 13.4 Å². The Morgan fingerprint density at radius 1 is 1.40 bits per heavy atom. The van der Waals surface area contributed by atoms with Gasteiger partial charge in [0, 0.05) is 12.6 Å². The minimum absolute atomic E-state index is 0.0320. The fourth-order valence-corrected chi connectivity index (χ4v) is 4.76. The molecule has 7 nitrogen and oxygen atoms in total. The summed E-state index contributed by atoms with van der Waals surface area (Å²) in [6.07, 6.45) is 3.80. The van der Waals surface area contributed by atoms with Crippen molar-refractivity contribution in [3.8, 4) is 0 Å². The van der Waals surface area contributed by atoms with Gasteiger partial charge in [-0.1, -0.05) is 0 Å². The number of carbonyl (C=O) groups is 1. The van der Waals surface area contributed by atoms with E-state index >= 15 is 0 Å². The summed E-state index contributed by atoms with van der Waals surface area (Å²) >= 11 is 0. The van der Waals surface area contributed by atoms with Crippen molar-refractivity contribution in [2.24, 2.45) is 0 Å². The molecule has 1 aliphatic rings. The summed E-state index contributed by atoms with van der Waals surface area (Å²) in [6, 6.07) is 6.97. The Morgan fingerprint density at radius 2 is 2.24 bits per heavy atom. The van der Waals surface area contributed by atoms with E-state index in [4.69, 9.17) is 4.42 Å². The third-order valence-corrected chi connectivity index (χ3v) is 6.06. The summed E-state index contributed by atoms with van der Waals surface area (Å²) in [4.78, 5) is 18.4. The minimum atomic E-state index is -2.94. The first kappa shape index (κ1) is 17.5. The molecule has 0 spiro atoms. The van der Waals surface area contributed by atoms with Crippen LogP contribution in [0.25, 0.3) is 0 Å². The molecule has 25 heavy (non-hydrogen) atoms. The van der Waals surface area contributed by atoms with Crippen LogP contribution in [0.1, 0.15) is 29.6 Å². The molecule has 8 heteroatoms. The molecule has 3 rings (SSSR count). The Bertz CT molecular complexity index is 816. The lowest BCUT2D eigenvalue weighted by Crippen LogP contribution is -2.36. The Labute approximate surface area is 147 Å². The van der Waals surface area contributed by atoms with E-state index in [1.807, 2.05) is 17.9 Å². The summed E-state index contributed by atoms with van der Waals surface area (Å²) in [7, 11) is -2.94. The van der Waals surface area contributed by atoms with Gasteiger partial charge in [-0.3, -0.25) is 4.79 Å². The van der Waals surface area contributed by atoms with Crippen molar-refractivity contribution in [2.75, 3.05) is 23.0 Å². The molecule has 1 amide bonds. The zero-order valence-electron chi connectivity index (χ0n) is 14.0. The average molecular weight is 363 g/mol. The lowest BCUT2D eigenvalue weighted by atomic mass is 10.2. The fourth-order valence-electron chi connectivity index (χ4n) is 3.03. The van der Waals surface area contributed by atoms with Gasteiger partial charge in [-0.05, 0) is 37.6 Å². The molecule has 1 N–H and O–H groups in total. The average Bonchev–Trinajstić information content (AvgIpc) is 3.23. The van der Waals surface area contributed by atoms with E-state index in [-0.39, 0.29) is 23.5 Å². The number of nitrogens with zero attached hydrogens (tertiary/aromatic N) is 2. The minimum Gasteiger partial charge on any atom is -0.467 e. The number of nitrogens with one attached hydrogen (secondary N) is 1. The molecule has 1 fully saturated rings. The highest BCUT2D eigenvalue weighted by atomic mass is 32.2. The van der Waals surface area contributed by atoms with E-state index in [1.54, 1.807) is 30.7 Å². The third kappa shape index (κ3) is 4.19. The summed E-state index contributed by atoms with van der Waals surface area (Å²) in [6.45, 7) is 2.97. The van der Waals surface area contributed by atoms with Crippen molar-refractivity contribution in [2.45, 2.75) is 25.9 Å². The second-order valence-electron chi connectivity index (χ2n) is 6.01. The quantitative estimate of drug-likeness (QED) is 0.838. The van der Waals surface area contributed by atoms with Gasteiger partial charge in [0.1, 0.15) is 11.5 Å². The second-order valence-corrected chi connectivity index (χ2v) is 8.24. The number of furan rings is 1. The molecule has 3 heterocycles. The van der Waals surface area contributed by atoms with Crippen molar-refractivity contribution in [1.82, 2.24) is 10.3 Å². The molecule has 0 saturated carbocycles. The van der Waals surface area contributed by atoms with Crippen molar-refractivity contribution < 1.29 is 17.6 Å². The van der Waals surface area contributed by atoms with Gasteiger partial charge in [-0.2, -0.15) is 0 Å². The summed E-state index contributed by atoms with van der Waals surface area (Å²) in [5, 5.41) is 2.74. The SMILES string of the molecule is CCN(c1ccc(C(=O)NCc2ccco2)nc1)C1CCS(=O)(=O)C1. The van der Waals surface area contributed by atoms with Gasteiger partial charge in [0.05, 0.1) is 36.2 Å². The number of pyridine rings is 1. The van der Waals surface area contributed by atoms with Gasteiger partial charge in [0.15, 0.2) is 9.84 Å². The zero-order valence-corrected chi connectivity index (χ0v) is 14.8. The molecular weight excluding hydrogens is 342 g/mol. The predicted octanol–water partition coefficient (Wildman–Crippen LogP) is 1.62. The van der Waals surface area contributed by atoms with Crippen molar-refractivity contribution in [1.29, 1.82) is 0 Å². The van der Waals surface area contributed by atoms with E-state index in [9.17, 15) is 13.2 Å². The predicted molar refractivity (Wildman–Crippen MR) is 94.2 cm³/mol. The van der Waals surface area contributed by atoms with Crippen LogP contribution in [0.2, 0.25) is 0 Å². The standard InChI is InChI=1S/C17H21N3O4S/c1-2-20(14-7-9-25(22,23)12-14)13-5-6-16(18-10-13)17(21)19-11-15-4-3-8-24-15/h3-6,8,10,14H,2,7,9,11-12H2,1H3,(H,19,21). The largest absolute Gasteiger partial charge is 0.467 e. The zero-order chi connectivity index (χ0) is 17.9. The number of hydrogen-bond donors (Lipinski definition) is 1. The molecular formula is C17H21N3O4S. The maximum Gasteiger partial charge on any atom is 0.270 e. The van der Waals surface area contributed by atoms with Crippen LogP contribution < -0.4 is 10.2 Å². The Balaban J connectivity index is 1.65. The molecule has 2 aromatic rings. The molecule has 1 unspecified atom stereocenters. The van der Waals surface area contributed by atoms with Crippen LogP contribution in [0.5, 0.6) is 0 Å². The van der Waals surface area contributed by atoms with E-state index in [1.165, 1.54) is 0 Å². The summed E-state index contributed by atoms with van der Waals surface area (Å²) in [5.74, 6) is 0.792. The molecule has 0 bridgehead atoms. The van der Waals surface area contributed by atoms with Gasteiger partial charge < -0.3 is 14.6 Å². The van der Waals surface area contributed by atoms with Gasteiger partial charge in [0.2, 0.25) is 0 Å². The number of aromatic nitrogens is 1. The highest BCUT2D eigenvalue weighted by Gasteiger charge is 2.31. The highest BCUT2D eigenvalue weighted by molar-refractivity contribution is 7.91. The van der Waals surface area contributed by atoms with Crippen molar-refractivity contribution in [3.05, 3.63) is 48.2 Å². The Morgan fingerprint density at radius 3 is 2.80 bits per heavy atom. The second kappa shape index (κ2) is 7.26. The normalized spacial score (nSPS) is 18.8. The Hall–Kier alpha value is -2.35. The third-order valence-electron chi connectivity index (χ3n) is 4.31. The molecule has 0 aliphatic carbocycles. The molecule has 0 aromatic carbocycles. The number of anilines is 1. The summed E-state index contributed by atoms with van der Waals surface area (Å²) < 4.78 is 28.6. The number of amides is 1. The molecule has 1 atom stereocenters. The van der Waals surface area contributed by atoms with E-state index in [2.05, 4.69) is 10.3 Å². The van der Waals surface area contributed by atoms with Gasteiger partial charge in [-0.15, -0.1) is 0 Å². The first-order chi connectivity index (χ1) is 12.0. The maximum atomic E-state index is 12.1. The number of rotatable bonds is 6. The molecule has 1 aliphatic heterocycles. The van der Waals surface area contributed by atoms with Crippen LogP contribution >= 0.6 is 0 Å². The molecule has 2 aromatic heterocycles. The smallest absolute Gasteiger partial charge is 0.270 e. The van der Waals surface area contributed by atoms with E-state index < -0.39 is 9.84 Å². The monoisotopic (exact) mass is 363 g/mol. The van der Waals surface area contributed by atoms with Crippen molar-refractivity contribution in [3.63, 3.8) is 0 Å². The number of hydrogen-bond acceptors (Lipinski definition) is 6. The topological polar surface area (TPSA) is 92.5 Å². The van der Waals surface area contributed by atoms with Crippen LogP contribution in [-0.2, 0) is 16.4 Å². The van der Waals surface area contributed by atoms with Gasteiger partial charge in [0.25, 0.3) is 5.91 Å². The van der Waals surface area contributed by atoms with E-state index in [0.29, 0.717) is 31.0 Å².